The molecule has 1 heterocycles. The Bertz CT molecular complexity index is 1860. The van der Waals surface area contributed by atoms with E-state index in [1.54, 1.807) is 96.4 Å². The first-order chi connectivity index (χ1) is 22.3. The van der Waals surface area contributed by atoms with Crippen molar-refractivity contribution in [2.45, 2.75) is 23.5 Å². The fourth-order valence-electron chi connectivity index (χ4n) is 4.27. The zero-order chi connectivity index (χ0) is 32.5. The lowest BCUT2D eigenvalue weighted by Crippen LogP contribution is -2.30. The molecule has 1 atom stereocenters. The van der Waals surface area contributed by atoms with Crippen LogP contribution in [0.1, 0.15) is 29.3 Å². The summed E-state index contributed by atoms with van der Waals surface area (Å²) in [5, 5.41) is 10.8. The fraction of sp³-hybridized carbons (Fsp3) is 0.0857. The van der Waals surface area contributed by atoms with Crippen molar-refractivity contribution in [2.24, 2.45) is 0 Å². The average molecular weight is 671 g/mol. The SMILES string of the molecule is CCC(Sc1cccc(NC(=O)/C(=C/c2ccc(Cl)cc2)NC(=O)c2ccccc2)c1)C(=O)Nc1nc(-c2ccc(F)cc2)cs1. The molecule has 11 heteroatoms. The van der Waals surface area contributed by atoms with Gasteiger partial charge < -0.3 is 16.0 Å². The number of nitrogens with zero attached hydrogens (tertiary/aromatic N) is 1. The van der Waals surface area contributed by atoms with E-state index in [0.29, 0.717) is 39.1 Å². The van der Waals surface area contributed by atoms with Gasteiger partial charge in [0, 0.05) is 32.1 Å². The second kappa shape index (κ2) is 15.5. The van der Waals surface area contributed by atoms with Gasteiger partial charge in [-0.3, -0.25) is 14.4 Å². The van der Waals surface area contributed by atoms with E-state index in [9.17, 15) is 18.8 Å². The number of rotatable bonds is 11. The van der Waals surface area contributed by atoms with Crippen LogP contribution in [0.4, 0.5) is 15.2 Å². The monoisotopic (exact) mass is 670 g/mol. The summed E-state index contributed by atoms with van der Waals surface area (Å²) < 4.78 is 13.3. The lowest BCUT2D eigenvalue weighted by Gasteiger charge is -2.15. The van der Waals surface area contributed by atoms with Crippen molar-refractivity contribution in [3.63, 3.8) is 0 Å². The van der Waals surface area contributed by atoms with Gasteiger partial charge in [-0.05, 0) is 84.8 Å². The predicted molar refractivity (Wildman–Crippen MR) is 184 cm³/mol. The maximum absolute atomic E-state index is 13.5. The molecular weight excluding hydrogens is 643 g/mol. The molecule has 1 unspecified atom stereocenters. The molecule has 46 heavy (non-hydrogen) atoms. The van der Waals surface area contributed by atoms with E-state index < -0.39 is 17.1 Å². The van der Waals surface area contributed by atoms with Crippen molar-refractivity contribution in [1.82, 2.24) is 10.3 Å². The van der Waals surface area contributed by atoms with E-state index in [-0.39, 0.29) is 17.4 Å². The van der Waals surface area contributed by atoms with Gasteiger partial charge in [0.25, 0.3) is 11.8 Å². The highest BCUT2D eigenvalue weighted by Gasteiger charge is 2.20. The summed E-state index contributed by atoms with van der Waals surface area (Å²) in [6.45, 7) is 1.91. The van der Waals surface area contributed by atoms with Crippen molar-refractivity contribution in [3.8, 4) is 11.3 Å². The molecule has 4 aromatic carbocycles. The maximum Gasteiger partial charge on any atom is 0.272 e. The molecule has 0 fully saturated rings. The summed E-state index contributed by atoms with van der Waals surface area (Å²) >= 11 is 8.67. The number of hydrogen-bond acceptors (Lipinski definition) is 6. The molecule has 3 amide bonds. The zero-order valence-corrected chi connectivity index (χ0v) is 26.9. The number of carbonyl (C=O) groups is 3. The van der Waals surface area contributed by atoms with Crippen LogP contribution < -0.4 is 16.0 Å². The van der Waals surface area contributed by atoms with E-state index in [4.69, 9.17) is 11.6 Å². The molecule has 0 aliphatic rings. The van der Waals surface area contributed by atoms with Gasteiger partial charge in [-0.25, -0.2) is 9.37 Å². The number of hydrogen-bond donors (Lipinski definition) is 3. The summed E-state index contributed by atoms with van der Waals surface area (Å²) in [4.78, 5) is 44.8. The Morgan fingerprint density at radius 2 is 1.67 bits per heavy atom. The third kappa shape index (κ3) is 8.91. The standard InChI is InChI=1S/C35H28ClFN4O3S2/c1-2-31(34(44)41-35-40-30(21-45-35)23-13-17-26(37)18-14-23)46-28-10-6-9-27(20-28)38-33(43)29(19-22-11-15-25(36)16-12-22)39-32(42)24-7-4-3-5-8-24/h3-21,31H,2H2,1H3,(H,38,43)(H,39,42)(H,40,41,44)/b29-19-. The Balaban J connectivity index is 1.27. The van der Waals surface area contributed by atoms with Crippen molar-refractivity contribution in [1.29, 1.82) is 0 Å². The summed E-state index contributed by atoms with van der Waals surface area (Å²) in [5.41, 5.74) is 3.02. The third-order valence-electron chi connectivity index (χ3n) is 6.62. The molecule has 0 radical (unpaired) electrons. The Labute approximate surface area is 278 Å². The van der Waals surface area contributed by atoms with E-state index >= 15 is 0 Å². The lowest BCUT2D eigenvalue weighted by molar-refractivity contribution is -0.116. The minimum atomic E-state index is -0.521. The van der Waals surface area contributed by atoms with Crippen LogP contribution in [-0.2, 0) is 9.59 Å². The van der Waals surface area contributed by atoms with Crippen LogP contribution in [0.25, 0.3) is 17.3 Å². The number of carbonyl (C=O) groups excluding carboxylic acids is 3. The zero-order valence-electron chi connectivity index (χ0n) is 24.5. The highest BCUT2D eigenvalue weighted by atomic mass is 35.5. The molecule has 7 nitrogen and oxygen atoms in total. The summed E-state index contributed by atoms with van der Waals surface area (Å²) in [6.07, 6.45) is 2.12. The first-order valence-corrected chi connectivity index (χ1v) is 16.3. The van der Waals surface area contributed by atoms with Gasteiger partial charge in [-0.15, -0.1) is 23.1 Å². The number of anilines is 2. The molecule has 0 aliphatic carbocycles. The molecule has 0 saturated heterocycles. The van der Waals surface area contributed by atoms with Crippen LogP contribution in [0.5, 0.6) is 0 Å². The van der Waals surface area contributed by atoms with Crippen molar-refractivity contribution in [3.05, 3.63) is 136 Å². The lowest BCUT2D eigenvalue weighted by atomic mass is 10.1. The minimum absolute atomic E-state index is 0.0449. The van der Waals surface area contributed by atoms with E-state index in [1.165, 1.54) is 35.2 Å². The highest BCUT2D eigenvalue weighted by Crippen LogP contribution is 2.30. The first-order valence-electron chi connectivity index (χ1n) is 14.2. The van der Waals surface area contributed by atoms with Crippen LogP contribution in [0, 0.1) is 5.82 Å². The molecule has 232 valence electrons. The Hall–Kier alpha value is -4.77. The second-order valence-corrected chi connectivity index (χ2v) is 12.5. The molecule has 5 aromatic rings. The van der Waals surface area contributed by atoms with Gasteiger partial charge >= 0.3 is 0 Å². The molecule has 0 saturated carbocycles. The van der Waals surface area contributed by atoms with Gasteiger partial charge in [0.1, 0.15) is 11.5 Å². The van der Waals surface area contributed by atoms with Crippen molar-refractivity contribution < 1.29 is 18.8 Å². The first kappa shape index (κ1) is 32.6. The number of amides is 3. The number of benzene rings is 4. The van der Waals surface area contributed by atoms with Crippen molar-refractivity contribution in [2.75, 3.05) is 10.6 Å². The molecule has 3 N–H and O–H groups in total. The molecule has 1 aromatic heterocycles. The molecule has 5 rings (SSSR count). The van der Waals surface area contributed by atoms with Crippen molar-refractivity contribution >= 4 is 69.3 Å². The Morgan fingerprint density at radius 1 is 0.935 bits per heavy atom. The van der Waals surface area contributed by atoms with Gasteiger partial charge in [-0.2, -0.15) is 0 Å². The van der Waals surface area contributed by atoms with Crippen LogP contribution in [0.3, 0.4) is 0 Å². The molecular formula is C35H28ClFN4O3S2. The van der Waals surface area contributed by atoms with Gasteiger partial charge in [0.2, 0.25) is 5.91 Å². The van der Waals surface area contributed by atoms with Crippen LogP contribution >= 0.6 is 34.7 Å². The normalized spacial score (nSPS) is 11.8. The van der Waals surface area contributed by atoms with E-state index in [1.807, 2.05) is 13.0 Å². The number of nitrogens with one attached hydrogen (secondary N) is 3. The topological polar surface area (TPSA) is 100 Å². The van der Waals surface area contributed by atoms with Crippen LogP contribution in [0.2, 0.25) is 5.02 Å². The number of thiazole rings is 1. The number of aromatic nitrogens is 1. The largest absolute Gasteiger partial charge is 0.321 e. The summed E-state index contributed by atoms with van der Waals surface area (Å²) in [7, 11) is 0. The fourth-order valence-corrected chi connectivity index (χ4v) is 6.13. The summed E-state index contributed by atoms with van der Waals surface area (Å²) in [6, 6.07) is 28.6. The summed E-state index contributed by atoms with van der Waals surface area (Å²) in [5.74, 6) is -1.49. The van der Waals surface area contributed by atoms with Gasteiger partial charge in [0.05, 0.1) is 10.9 Å². The van der Waals surface area contributed by atoms with Gasteiger partial charge in [0.15, 0.2) is 5.13 Å². The van der Waals surface area contributed by atoms with Crippen LogP contribution in [0.15, 0.2) is 119 Å². The van der Waals surface area contributed by atoms with E-state index in [0.717, 1.165) is 10.5 Å². The predicted octanol–water partition coefficient (Wildman–Crippen LogP) is 8.52. The van der Waals surface area contributed by atoms with Crippen LogP contribution in [-0.4, -0.2) is 28.0 Å². The second-order valence-electron chi connectivity index (χ2n) is 9.96. The molecule has 0 bridgehead atoms. The minimum Gasteiger partial charge on any atom is -0.321 e. The quantitative estimate of drug-likeness (QED) is 0.0966. The Morgan fingerprint density at radius 3 is 2.39 bits per heavy atom. The average Bonchev–Trinajstić information content (AvgIpc) is 3.53. The smallest absolute Gasteiger partial charge is 0.272 e. The maximum atomic E-state index is 13.5. The molecule has 0 aliphatic heterocycles. The molecule has 0 spiro atoms. The third-order valence-corrected chi connectivity index (χ3v) is 8.99. The Kier molecular flexibility index (Phi) is 11.0. The number of halogens is 2. The highest BCUT2D eigenvalue weighted by molar-refractivity contribution is 8.00. The van der Waals surface area contributed by atoms with E-state index in [2.05, 4.69) is 20.9 Å². The number of thioether (sulfide) groups is 1. The van der Waals surface area contributed by atoms with Gasteiger partial charge in [-0.1, -0.05) is 54.9 Å².